The smallest absolute Gasteiger partial charge is 0.311 e. The van der Waals surface area contributed by atoms with Crippen LogP contribution in [-0.2, 0) is 14.3 Å². The maximum Gasteiger partial charge on any atom is 0.311 e. The number of rotatable bonds is 3. The van der Waals surface area contributed by atoms with Crippen LogP contribution in [0.4, 0.5) is 0 Å². The highest BCUT2D eigenvalue weighted by Crippen LogP contribution is 2.43. The van der Waals surface area contributed by atoms with E-state index in [1.165, 1.54) is 0 Å². The Morgan fingerprint density at radius 2 is 2.16 bits per heavy atom. The predicted octanol–water partition coefficient (Wildman–Crippen LogP) is 2.63. The summed E-state index contributed by atoms with van der Waals surface area (Å²) in [7, 11) is 0. The summed E-state index contributed by atoms with van der Waals surface area (Å²) in [4.78, 5) is 12.2. The maximum absolute atomic E-state index is 12.2. The van der Waals surface area contributed by atoms with Gasteiger partial charge in [-0.25, -0.2) is 0 Å². The van der Waals surface area contributed by atoms with Crippen LogP contribution in [0.25, 0.3) is 0 Å². The van der Waals surface area contributed by atoms with Crippen molar-refractivity contribution in [1.29, 1.82) is 0 Å². The van der Waals surface area contributed by atoms with E-state index in [1.807, 2.05) is 20.8 Å². The van der Waals surface area contributed by atoms with E-state index in [0.717, 1.165) is 25.7 Å². The summed E-state index contributed by atoms with van der Waals surface area (Å²) < 4.78 is 11.4. The zero-order chi connectivity index (χ0) is 14.3. The van der Waals surface area contributed by atoms with Crippen LogP contribution in [0.3, 0.4) is 0 Å². The topological polar surface area (TPSA) is 55.8 Å². The first-order chi connectivity index (χ1) is 8.75. The molecule has 0 spiro atoms. The zero-order valence-electron chi connectivity index (χ0n) is 12.4. The van der Waals surface area contributed by atoms with E-state index in [4.69, 9.17) is 9.47 Å². The number of hydrogen-bond acceptors (Lipinski definition) is 4. The molecule has 4 atom stereocenters. The van der Waals surface area contributed by atoms with E-state index < -0.39 is 11.2 Å². The lowest BCUT2D eigenvalue weighted by Gasteiger charge is -2.34. The summed E-state index contributed by atoms with van der Waals surface area (Å²) in [5.74, 6) is -1.06. The molecule has 2 fully saturated rings. The third-order valence-corrected chi connectivity index (χ3v) is 4.65. The lowest BCUT2D eigenvalue weighted by molar-refractivity contribution is -0.183. The Morgan fingerprint density at radius 1 is 1.47 bits per heavy atom. The van der Waals surface area contributed by atoms with Gasteiger partial charge in [-0.05, 0) is 46.5 Å². The van der Waals surface area contributed by atoms with E-state index >= 15 is 0 Å². The summed E-state index contributed by atoms with van der Waals surface area (Å²) in [5.41, 5.74) is -0.436. The number of aliphatic hydroxyl groups is 1. The van der Waals surface area contributed by atoms with Crippen LogP contribution < -0.4 is 0 Å². The molecule has 0 aromatic carbocycles. The minimum absolute atomic E-state index is 0.0336. The Hall–Kier alpha value is -0.610. The van der Waals surface area contributed by atoms with E-state index in [1.54, 1.807) is 6.92 Å². The molecular weight excluding hydrogens is 244 g/mol. The molecule has 0 aromatic heterocycles. The van der Waals surface area contributed by atoms with Crippen molar-refractivity contribution in [2.45, 2.75) is 77.8 Å². The van der Waals surface area contributed by atoms with Crippen molar-refractivity contribution < 1.29 is 19.4 Å². The van der Waals surface area contributed by atoms with Crippen molar-refractivity contribution in [2.75, 3.05) is 0 Å². The van der Waals surface area contributed by atoms with Crippen LogP contribution in [0.15, 0.2) is 0 Å². The molecule has 0 radical (unpaired) electrons. The van der Waals surface area contributed by atoms with Gasteiger partial charge in [0.2, 0.25) is 0 Å². The molecule has 4 unspecified atom stereocenters. The predicted molar refractivity (Wildman–Crippen MR) is 71.4 cm³/mol. The Labute approximate surface area is 115 Å². The van der Waals surface area contributed by atoms with Gasteiger partial charge in [0.25, 0.3) is 0 Å². The fourth-order valence-electron chi connectivity index (χ4n) is 3.00. The van der Waals surface area contributed by atoms with Gasteiger partial charge in [0, 0.05) is 12.3 Å². The summed E-state index contributed by atoms with van der Waals surface area (Å²) in [5, 5.41) is 10.0. The SMILES string of the molecule is CCC(C)(C)C(=O)OC1CCCC2OC(C)(O)CC12. The van der Waals surface area contributed by atoms with Gasteiger partial charge in [0.05, 0.1) is 11.5 Å². The molecule has 2 aliphatic rings. The number of carbonyl (C=O) groups is 1. The molecule has 1 saturated carbocycles. The second-order valence-electron chi connectivity index (χ2n) is 6.81. The van der Waals surface area contributed by atoms with E-state index in [9.17, 15) is 9.90 Å². The number of hydrogen-bond donors (Lipinski definition) is 1. The fourth-order valence-corrected chi connectivity index (χ4v) is 3.00. The highest BCUT2D eigenvalue weighted by Gasteiger charge is 2.49. The Bertz CT molecular complexity index is 348. The minimum atomic E-state index is -1.06. The largest absolute Gasteiger partial charge is 0.462 e. The van der Waals surface area contributed by atoms with Gasteiger partial charge in [-0.3, -0.25) is 4.79 Å². The highest BCUT2D eigenvalue weighted by atomic mass is 16.6. The first-order valence-corrected chi connectivity index (χ1v) is 7.36. The van der Waals surface area contributed by atoms with Crippen molar-refractivity contribution in [3.8, 4) is 0 Å². The van der Waals surface area contributed by atoms with Gasteiger partial charge in [-0.15, -0.1) is 0 Å². The van der Waals surface area contributed by atoms with E-state index in [2.05, 4.69) is 0 Å². The van der Waals surface area contributed by atoms with Crippen molar-refractivity contribution in [1.82, 2.24) is 0 Å². The Morgan fingerprint density at radius 3 is 2.79 bits per heavy atom. The third-order valence-electron chi connectivity index (χ3n) is 4.65. The summed E-state index contributed by atoms with van der Waals surface area (Å²) in [6, 6.07) is 0. The van der Waals surface area contributed by atoms with Crippen LogP contribution in [0.1, 0.15) is 59.8 Å². The second-order valence-corrected chi connectivity index (χ2v) is 6.81. The molecule has 0 bridgehead atoms. The summed E-state index contributed by atoms with van der Waals surface area (Å²) >= 11 is 0. The Kier molecular flexibility index (Phi) is 3.94. The fraction of sp³-hybridized carbons (Fsp3) is 0.933. The molecule has 4 heteroatoms. The molecule has 1 heterocycles. The first-order valence-electron chi connectivity index (χ1n) is 7.36. The monoisotopic (exact) mass is 270 g/mol. The third kappa shape index (κ3) is 3.11. The minimum Gasteiger partial charge on any atom is -0.462 e. The Balaban J connectivity index is 2.03. The van der Waals surface area contributed by atoms with Gasteiger partial charge in [-0.2, -0.15) is 0 Å². The number of fused-ring (bicyclic) bond motifs is 1. The average molecular weight is 270 g/mol. The molecule has 4 nitrogen and oxygen atoms in total. The molecule has 0 amide bonds. The molecule has 1 aliphatic heterocycles. The molecule has 110 valence electrons. The summed E-state index contributed by atoms with van der Waals surface area (Å²) in [6.45, 7) is 7.52. The first kappa shape index (κ1) is 14.8. The second kappa shape index (κ2) is 5.06. The van der Waals surface area contributed by atoms with Crippen molar-refractivity contribution in [3.05, 3.63) is 0 Å². The quantitative estimate of drug-likeness (QED) is 0.801. The van der Waals surface area contributed by atoms with Crippen LogP contribution >= 0.6 is 0 Å². The van der Waals surface area contributed by atoms with Crippen LogP contribution in [-0.4, -0.2) is 29.1 Å². The van der Waals surface area contributed by atoms with Gasteiger partial charge in [-0.1, -0.05) is 6.92 Å². The maximum atomic E-state index is 12.2. The van der Waals surface area contributed by atoms with Gasteiger partial charge < -0.3 is 14.6 Å². The zero-order valence-corrected chi connectivity index (χ0v) is 12.4. The molecule has 19 heavy (non-hydrogen) atoms. The molecule has 1 N–H and O–H groups in total. The molecule has 0 aromatic rings. The number of ether oxygens (including phenoxy) is 2. The average Bonchev–Trinajstić information content (AvgIpc) is 2.64. The highest BCUT2D eigenvalue weighted by molar-refractivity contribution is 5.76. The summed E-state index contributed by atoms with van der Waals surface area (Å²) in [6.07, 6.45) is 4.07. The normalized spacial score (nSPS) is 38.9. The van der Waals surface area contributed by atoms with Gasteiger partial charge in [0.1, 0.15) is 6.10 Å². The van der Waals surface area contributed by atoms with Crippen molar-refractivity contribution in [3.63, 3.8) is 0 Å². The number of carbonyl (C=O) groups excluding carboxylic acids is 1. The molecule has 1 saturated heterocycles. The molecule has 2 rings (SSSR count). The van der Waals surface area contributed by atoms with Gasteiger partial charge in [0.15, 0.2) is 5.79 Å². The standard InChI is InChI=1S/C15H26O4/c1-5-14(2,3)13(16)18-11-7-6-8-12-10(11)9-15(4,17)19-12/h10-12,17H,5-9H2,1-4H3. The van der Waals surface area contributed by atoms with E-state index in [0.29, 0.717) is 6.42 Å². The molecule has 1 aliphatic carbocycles. The lowest BCUT2D eigenvalue weighted by Crippen LogP contribution is -2.39. The lowest BCUT2D eigenvalue weighted by atomic mass is 9.82. The van der Waals surface area contributed by atoms with Crippen LogP contribution in [0.5, 0.6) is 0 Å². The van der Waals surface area contributed by atoms with Crippen LogP contribution in [0, 0.1) is 11.3 Å². The van der Waals surface area contributed by atoms with E-state index in [-0.39, 0.29) is 24.1 Å². The number of esters is 1. The molecular formula is C15H26O4. The van der Waals surface area contributed by atoms with Crippen molar-refractivity contribution in [2.24, 2.45) is 11.3 Å². The van der Waals surface area contributed by atoms with Crippen LogP contribution in [0.2, 0.25) is 0 Å². The van der Waals surface area contributed by atoms with Crippen molar-refractivity contribution >= 4 is 5.97 Å². The van der Waals surface area contributed by atoms with Gasteiger partial charge >= 0.3 is 5.97 Å².